The van der Waals surface area contributed by atoms with Crippen LogP contribution >= 0.6 is 0 Å². The summed E-state index contributed by atoms with van der Waals surface area (Å²) in [5.74, 6) is -1.38. The molecule has 2 aromatic carbocycles. The Morgan fingerprint density at radius 1 is 0.964 bits per heavy atom. The van der Waals surface area contributed by atoms with Crippen molar-refractivity contribution in [1.29, 1.82) is 0 Å². The SMILES string of the molecule is O=C(COc1cccc(NC(=O)[C@@H]2CC[C@H](C(=O)O)O2)c1)Nc1ccccc1. The number of rotatable bonds is 7. The molecule has 1 aliphatic rings. The zero-order valence-corrected chi connectivity index (χ0v) is 15.0. The fourth-order valence-electron chi connectivity index (χ4n) is 2.77. The minimum Gasteiger partial charge on any atom is -0.484 e. The number of hydrogen-bond donors (Lipinski definition) is 3. The fourth-order valence-corrected chi connectivity index (χ4v) is 2.77. The Balaban J connectivity index is 1.50. The Bertz CT molecular complexity index is 855. The summed E-state index contributed by atoms with van der Waals surface area (Å²) in [6.45, 7) is -0.182. The van der Waals surface area contributed by atoms with E-state index in [1.165, 1.54) is 0 Å². The molecule has 0 aromatic heterocycles. The monoisotopic (exact) mass is 384 g/mol. The minimum absolute atomic E-state index is 0.182. The van der Waals surface area contributed by atoms with Gasteiger partial charge in [0.25, 0.3) is 11.8 Å². The van der Waals surface area contributed by atoms with E-state index in [1.807, 2.05) is 18.2 Å². The lowest BCUT2D eigenvalue weighted by molar-refractivity contribution is -0.150. The zero-order chi connectivity index (χ0) is 19.9. The number of carbonyl (C=O) groups excluding carboxylic acids is 2. The van der Waals surface area contributed by atoms with Crippen molar-refractivity contribution in [2.45, 2.75) is 25.0 Å². The number of benzene rings is 2. The van der Waals surface area contributed by atoms with E-state index < -0.39 is 24.1 Å². The molecule has 2 amide bonds. The number of amides is 2. The molecule has 28 heavy (non-hydrogen) atoms. The van der Waals surface area contributed by atoms with Crippen LogP contribution < -0.4 is 15.4 Å². The second-order valence-electron chi connectivity index (χ2n) is 6.25. The summed E-state index contributed by atoms with van der Waals surface area (Å²) in [5, 5.41) is 14.3. The lowest BCUT2D eigenvalue weighted by atomic mass is 10.2. The highest BCUT2D eigenvalue weighted by Crippen LogP contribution is 2.23. The molecule has 1 heterocycles. The van der Waals surface area contributed by atoms with Crippen molar-refractivity contribution in [2.24, 2.45) is 0 Å². The van der Waals surface area contributed by atoms with Gasteiger partial charge in [0, 0.05) is 17.4 Å². The molecular formula is C20H20N2O6. The summed E-state index contributed by atoms with van der Waals surface area (Å²) >= 11 is 0. The molecule has 3 N–H and O–H groups in total. The second kappa shape index (κ2) is 9.01. The van der Waals surface area contributed by atoms with Gasteiger partial charge >= 0.3 is 5.97 Å². The summed E-state index contributed by atoms with van der Waals surface area (Å²) in [4.78, 5) is 35.1. The number of nitrogens with one attached hydrogen (secondary N) is 2. The molecule has 1 aliphatic heterocycles. The average molecular weight is 384 g/mol. The Morgan fingerprint density at radius 2 is 1.68 bits per heavy atom. The number of para-hydroxylation sites is 1. The molecule has 1 saturated heterocycles. The number of ether oxygens (including phenoxy) is 2. The van der Waals surface area contributed by atoms with E-state index in [0.717, 1.165) is 0 Å². The van der Waals surface area contributed by atoms with Crippen LogP contribution in [-0.2, 0) is 19.1 Å². The third kappa shape index (κ3) is 5.31. The topological polar surface area (TPSA) is 114 Å². The lowest BCUT2D eigenvalue weighted by Gasteiger charge is -2.13. The van der Waals surface area contributed by atoms with E-state index in [1.54, 1.807) is 36.4 Å². The summed E-state index contributed by atoms with van der Waals surface area (Å²) in [5.41, 5.74) is 1.14. The van der Waals surface area contributed by atoms with Gasteiger partial charge in [0.05, 0.1) is 0 Å². The number of aliphatic carboxylic acids is 1. The maximum Gasteiger partial charge on any atom is 0.332 e. The summed E-state index contributed by atoms with van der Waals surface area (Å²) in [7, 11) is 0. The van der Waals surface area contributed by atoms with Crippen LogP contribution in [0.3, 0.4) is 0 Å². The number of carboxylic acids is 1. The number of hydrogen-bond acceptors (Lipinski definition) is 5. The van der Waals surface area contributed by atoms with Crippen LogP contribution in [-0.4, -0.2) is 41.7 Å². The van der Waals surface area contributed by atoms with Gasteiger partial charge in [-0.3, -0.25) is 9.59 Å². The maximum absolute atomic E-state index is 12.2. The predicted molar refractivity (Wildman–Crippen MR) is 101 cm³/mol. The van der Waals surface area contributed by atoms with E-state index in [4.69, 9.17) is 14.6 Å². The summed E-state index contributed by atoms with van der Waals surface area (Å²) < 4.78 is 10.7. The Hall–Kier alpha value is -3.39. The highest BCUT2D eigenvalue weighted by molar-refractivity contribution is 5.95. The molecule has 0 radical (unpaired) electrons. The van der Waals surface area contributed by atoms with Gasteiger partial charge in [0.1, 0.15) is 11.9 Å². The first-order valence-electron chi connectivity index (χ1n) is 8.78. The van der Waals surface area contributed by atoms with Gasteiger partial charge < -0.3 is 25.2 Å². The van der Waals surface area contributed by atoms with E-state index in [9.17, 15) is 14.4 Å². The first-order chi connectivity index (χ1) is 13.5. The van der Waals surface area contributed by atoms with Crippen molar-refractivity contribution >= 4 is 29.2 Å². The number of carbonyl (C=O) groups is 3. The van der Waals surface area contributed by atoms with Crippen molar-refractivity contribution in [3.05, 3.63) is 54.6 Å². The van der Waals surface area contributed by atoms with Gasteiger partial charge in [-0.15, -0.1) is 0 Å². The van der Waals surface area contributed by atoms with E-state index in [-0.39, 0.29) is 12.5 Å². The van der Waals surface area contributed by atoms with Crippen LogP contribution in [0.2, 0.25) is 0 Å². The largest absolute Gasteiger partial charge is 0.484 e. The molecular weight excluding hydrogens is 364 g/mol. The molecule has 0 spiro atoms. The van der Waals surface area contributed by atoms with Crippen molar-refractivity contribution < 1.29 is 29.0 Å². The Kier molecular flexibility index (Phi) is 6.23. The molecule has 2 aromatic rings. The fraction of sp³-hybridized carbons (Fsp3) is 0.250. The lowest BCUT2D eigenvalue weighted by Crippen LogP contribution is -2.29. The molecule has 8 heteroatoms. The average Bonchev–Trinajstić information content (AvgIpc) is 3.18. The molecule has 2 atom stereocenters. The third-order valence-corrected chi connectivity index (χ3v) is 4.12. The summed E-state index contributed by atoms with van der Waals surface area (Å²) in [6.07, 6.45) is -1.11. The van der Waals surface area contributed by atoms with Gasteiger partial charge in [0.15, 0.2) is 12.7 Å². The second-order valence-corrected chi connectivity index (χ2v) is 6.25. The molecule has 0 saturated carbocycles. The van der Waals surface area contributed by atoms with Crippen LogP contribution in [0, 0.1) is 0 Å². The van der Waals surface area contributed by atoms with Gasteiger partial charge in [-0.1, -0.05) is 24.3 Å². The van der Waals surface area contributed by atoms with Crippen LogP contribution in [0.5, 0.6) is 5.75 Å². The van der Waals surface area contributed by atoms with E-state index in [0.29, 0.717) is 30.0 Å². The summed E-state index contributed by atoms with van der Waals surface area (Å²) in [6, 6.07) is 15.6. The predicted octanol–water partition coefficient (Wildman–Crippen LogP) is 2.27. The molecule has 1 fully saturated rings. The van der Waals surface area contributed by atoms with Gasteiger partial charge in [0.2, 0.25) is 0 Å². The van der Waals surface area contributed by atoms with Crippen LogP contribution in [0.15, 0.2) is 54.6 Å². The van der Waals surface area contributed by atoms with Gasteiger partial charge in [-0.2, -0.15) is 0 Å². The van der Waals surface area contributed by atoms with Crippen LogP contribution in [0.1, 0.15) is 12.8 Å². The van der Waals surface area contributed by atoms with Gasteiger partial charge in [-0.25, -0.2) is 4.79 Å². The van der Waals surface area contributed by atoms with E-state index in [2.05, 4.69) is 10.6 Å². The maximum atomic E-state index is 12.2. The molecule has 3 rings (SSSR count). The zero-order valence-electron chi connectivity index (χ0n) is 15.0. The number of carboxylic acid groups (broad SMARTS) is 1. The highest BCUT2D eigenvalue weighted by atomic mass is 16.5. The van der Waals surface area contributed by atoms with Crippen molar-refractivity contribution in [3.63, 3.8) is 0 Å². The quantitative estimate of drug-likeness (QED) is 0.675. The number of anilines is 2. The smallest absolute Gasteiger partial charge is 0.332 e. The highest BCUT2D eigenvalue weighted by Gasteiger charge is 2.34. The normalized spacial score (nSPS) is 18.3. The van der Waals surface area contributed by atoms with Crippen LogP contribution in [0.25, 0.3) is 0 Å². The Labute approximate surface area is 161 Å². The van der Waals surface area contributed by atoms with Gasteiger partial charge in [-0.05, 0) is 37.1 Å². The first-order valence-corrected chi connectivity index (χ1v) is 8.78. The molecule has 0 aliphatic carbocycles. The molecule has 146 valence electrons. The molecule has 0 bridgehead atoms. The Morgan fingerprint density at radius 3 is 2.39 bits per heavy atom. The van der Waals surface area contributed by atoms with Crippen molar-refractivity contribution in [1.82, 2.24) is 0 Å². The molecule has 8 nitrogen and oxygen atoms in total. The standard InChI is InChI=1S/C20H20N2O6/c23-18(21-13-5-2-1-3-6-13)12-27-15-8-4-7-14(11-15)22-19(24)16-9-10-17(28-16)20(25)26/h1-8,11,16-17H,9-10,12H2,(H,21,23)(H,22,24)(H,25,26)/t16-,17+/m0/s1. The first kappa shape index (κ1) is 19.4. The minimum atomic E-state index is -1.07. The van der Waals surface area contributed by atoms with E-state index >= 15 is 0 Å². The molecule has 0 unspecified atom stereocenters. The third-order valence-electron chi connectivity index (χ3n) is 4.12. The van der Waals surface area contributed by atoms with Crippen molar-refractivity contribution in [3.8, 4) is 5.75 Å². The van der Waals surface area contributed by atoms with Crippen molar-refractivity contribution in [2.75, 3.05) is 17.2 Å². The van der Waals surface area contributed by atoms with Crippen LogP contribution in [0.4, 0.5) is 11.4 Å².